The molecule has 5 heteroatoms. The Morgan fingerprint density at radius 3 is 2.61 bits per heavy atom. The maximum Gasteiger partial charge on any atom is 0.143 e. The molecule has 96 valence electrons. The largest absolute Gasteiger partial charge is 0.497 e. The van der Waals surface area contributed by atoms with Gasteiger partial charge in [-0.3, -0.25) is 0 Å². The summed E-state index contributed by atoms with van der Waals surface area (Å²) in [5.74, 6) is 2.18. The molecule has 18 heavy (non-hydrogen) atoms. The first kappa shape index (κ1) is 12.4. The second-order valence-electron chi connectivity index (χ2n) is 3.86. The molecule has 1 aromatic carbocycles. The summed E-state index contributed by atoms with van der Waals surface area (Å²) in [7, 11) is 5.08. The number of methoxy groups -OCH3 is 2. The van der Waals surface area contributed by atoms with E-state index in [-0.39, 0.29) is 6.61 Å². The second kappa shape index (κ2) is 5.10. The van der Waals surface area contributed by atoms with E-state index in [1.807, 2.05) is 29.8 Å². The Bertz CT molecular complexity index is 549. The van der Waals surface area contributed by atoms with Gasteiger partial charge in [-0.1, -0.05) is 0 Å². The molecule has 0 atom stereocenters. The Morgan fingerprint density at radius 1 is 1.28 bits per heavy atom. The van der Waals surface area contributed by atoms with Crippen molar-refractivity contribution in [2.45, 2.75) is 6.61 Å². The fraction of sp³-hybridized carbons (Fsp3) is 0.308. The van der Waals surface area contributed by atoms with Crippen molar-refractivity contribution in [1.29, 1.82) is 0 Å². The zero-order valence-electron chi connectivity index (χ0n) is 10.7. The highest BCUT2D eigenvalue weighted by molar-refractivity contribution is 5.67. The van der Waals surface area contributed by atoms with Gasteiger partial charge in [-0.05, 0) is 18.2 Å². The van der Waals surface area contributed by atoms with E-state index in [1.54, 1.807) is 20.4 Å². The smallest absolute Gasteiger partial charge is 0.143 e. The van der Waals surface area contributed by atoms with Crippen LogP contribution in [0.3, 0.4) is 0 Å². The SMILES string of the molecule is COc1ccc(OC)c(-c2ncc(CO)n2C)c1. The predicted molar refractivity (Wildman–Crippen MR) is 67.7 cm³/mol. The molecule has 1 heterocycles. The zero-order valence-corrected chi connectivity index (χ0v) is 10.7. The van der Waals surface area contributed by atoms with Crippen LogP contribution in [0.5, 0.6) is 11.5 Å². The summed E-state index contributed by atoms with van der Waals surface area (Å²) >= 11 is 0. The monoisotopic (exact) mass is 248 g/mol. The Labute approximate surface area is 106 Å². The first-order valence-electron chi connectivity index (χ1n) is 5.55. The van der Waals surface area contributed by atoms with Gasteiger partial charge >= 0.3 is 0 Å². The van der Waals surface area contributed by atoms with Crippen molar-refractivity contribution in [1.82, 2.24) is 9.55 Å². The topological polar surface area (TPSA) is 56.5 Å². The highest BCUT2D eigenvalue weighted by atomic mass is 16.5. The van der Waals surface area contributed by atoms with Gasteiger partial charge in [0.05, 0.1) is 38.3 Å². The maximum absolute atomic E-state index is 9.19. The molecule has 0 saturated heterocycles. The minimum Gasteiger partial charge on any atom is -0.497 e. The molecule has 1 N–H and O–H groups in total. The van der Waals surface area contributed by atoms with Gasteiger partial charge in [-0.25, -0.2) is 4.98 Å². The van der Waals surface area contributed by atoms with Crippen LogP contribution in [-0.4, -0.2) is 28.9 Å². The molecule has 0 saturated carbocycles. The number of aromatic nitrogens is 2. The molecule has 2 aromatic rings. The average molecular weight is 248 g/mol. The van der Waals surface area contributed by atoms with Crippen LogP contribution in [0.2, 0.25) is 0 Å². The number of ether oxygens (including phenoxy) is 2. The Kier molecular flexibility index (Phi) is 3.53. The van der Waals surface area contributed by atoms with E-state index < -0.39 is 0 Å². The van der Waals surface area contributed by atoms with Crippen molar-refractivity contribution >= 4 is 0 Å². The zero-order chi connectivity index (χ0) is 13.1. The molecule has 0 fully saturated rings. The van der Waals surface area contributed by atoms with Gasteiger partial charge in [0.15, 0.2) is 0 Å². The lowest BCUT2D eigenvalue weighted by Crippen LogP contribution is -2.00. The molecule has 0 spiro atoms. The predicted octanol–water partition coefficient (Wildman–Crippen LogP) is 1.60. The Hall–Kier alpha value is -2.01. The van der Waals surface area contributed by atoms with E-state index in [2.05, 4.69) is 4.98 Å². The third-order valence-electron chi connectivity index (χ3n) is 2.89. The van der Waals surface area contributed by atoms with Crippen LogP contribution in [0.4, 0.5) is 0 Å². The number of nitrogens with zero attached hydrogens (tertiary/aromatic N) is 2. The number of hydrogen-bond acceptors (Lipinski definition) is 4. The van der Waals surface area contributed by atoms with Crippen LogP contribution < -0.4 is 9.47 Å². The van der Waals surface area contributed by atoms with Gasteiger partial charge in [0.25, 0.3) is 0 Å². The molecule has 1 aromatic heterocycles. The van der Waals surface area contributed by atoms with Crippen LogP contribution in [0, 0.1) is 0 Å². The lowest BCUT2D eigenvalue weighted by Gasteiger charge is -2.11. The minimum absolute atomic E-state index is 0.0458. The molecular weight excluding hydrogens is 232 g/mol. The van der Waals surface area contributed by atoms with E-state index in [9.17, 15) is 5.11 Å². The van der Waals surface area contributed by atoms with Crippen molar-refractivity contribution < 1.29 is 14.6 Å². The van der Waals surface area contributed by atoms with E-state index in [0.717, 1.165) is 22.8 Å². The third-order valence-corrected chi connectivity index (χ3v) is 2.89. The van der Waals surface area contributed by atoms with Crippen molar-refractivity contribution in [3.8, 4) is 22.9 Å². The first-order chi connectivity index (χ1) is 8.71. The molecule has 0 aliphatic rings. The Morgan fingerprint density at radius 2 is 2.06 bits per heavy atom. The molecule has 0 unspecified atom stereocenters. The molecular formula is C13H16N2O3. The van der Waals surface area contributed by atoms with Gasteiger partial charge in [-0.2, -0.15) is 0 Å². The molecule has 0 aliphatic carbocycles. The molecule has 5 nitrogen and oxygen atoms in total. The normalized spacial score (nSPS) is 10.4. The highest BCUT2D eigenvalue weighted by Crippen LogP contribution is 2.32. The summed E-state index contributed by atoms with van der Waals surface area (Å²) in [4.78, 5) is 4.31. The summed E-state index contributed by atoms with van der Waals surface area (Å²) < 4.78 is 12.4. The lowest BCUT2D eigenvalue weighted by atomic mass is 10.1. The summed E-state index contributed by atoms with van der Waals surface area (Å²) in [6, 6.07) is 5.53. The summed E-state index contributed by atoms with van der Waals surface area (Å²) in [6.07, 6.45) is 1.65. The van der Waals surface area contributed by atoms with Gasteiger partial charge in [0.2, 0.25) is 0 Å². The quantitative estimate of drug-likeness (QED) is 0.892. The standard InChI is InChI=1S/C13H16N2O3/c1-15-9(8-16)7-14-13(15)11-6-10(17-2)4-5-12(11)18-3/h4-7,16H,8H2,1-3H3. The van der Waals surface area contributed by atoms with Crippen molar-refractivity contribution in [2.75, 3.05) is 14.2 Å². The van der Waals surface area contributed by atoms with Crippen LogP contribution >= 0.6 is 0 Å². The van der Waals surface area contributed by atoms with Crippen LogP contribution in [-0.2, 0) is 13.7 Å². The van der Waals surface area contributed by atoms with Gasteiger partial charge in [0.1, 0.15) is 17.3 Å². The summed E-state index contributed by atoms with van der Waals surface area (Å²) in [6.45, 7) is -0.0458. The number of benzene rings is 1. The lowest BCUT2D eigenvalue weighted by molar-refractivity contribution is 0.273. The molecule has 0 amide bonds. The Balaban J connectivity index is 2.57. The van der Waals surface area contributed by atoms with E-state index in [0.29, 0.717) is 5.75 Å². The van der Waals surface area contributed by atoms with Crippen LogP contribution in [0.25, 0.3) is 11.4 Å². The summed E-state index contributed by atoms with van der Waals surface area (Å²) in [5.41, 5.74) is 1.58. The minimum atomic E-state index is -0.0458. The van der Waals surface area contributed by atoms with Gasteiger partial charge in [-0.15, -0.1) is 0 Å². The molecule has 0 bridgehead atoms. The number of hydrogen-bond donors (Lipinski definition) is 1. The second-order valence-corrected chi connectivity index (χ2v) is 3.86. The van der Waals surface area contributed by atoms with E-state index >= 15 is 0 Å². The van der Waals surface area contributed by atoms with Crippen LogP contribution in [0.15, 0.2) is 24.4 Å². The number of aliphatic hydroxyl groups excluding tert-OH is 1. The van der Waals surface area contributed by atoms with Crippen molar-refractivity contribution in [3.63, 3.8) is 0 Å². The maximum atomic E-state index is 9.19. The molecule has 0 aliphatic heterocycles. The number of rotatable bonds is 4. The van der Waals surface area contributed by atoms with Crippen LogP contribution in [0.1, 0.15) is 5.69 Å². The fourth-order valence-corrected chi connectivity index (χ4v) is 1.83. The number of imidazole rings is 1. The molecule has 0 radical (unpaired) electrons. The summed E-state index contributed by atoms with van der Waals surface area (Å²) in [5, 5.41) is 9.19. The van der Waals surface area contributed by atoms with E-state index in [4.69, 9.17) is 9.47 Å². The number of aliphatic hydroxyl groups is 1. The van der Waals surface area contributed by atoms with Crippen molar-refractivity contribution in [3.05, 3.63) is 30.1 Å². The average Bonchev–Trinajstić information content (AvgIpc) is 2.78. The van der Waals surface area contributed by atoms with Crippen molar-refractivity contribution in [2.24, 2.45) is 7.05 Å². The molecule has 2 rings (SSSR count). The fourth-order valence-electron chi connectivity index (χ4n) is 1.83. The highest BCUT2D eigenvalue weighted by Gasteiger charge is 2.14. The van der Waals surface area contributed by atoms with E-state index in [1.165, 1.54) is 0 Å². The first-order valence-corrected chi connectivity index (χ1v) is 5.55. The third kappa shape index (κ3) is 2.04. The van der Waals surface area contributed by atoms with Gasteiger partial charge in [0, 0.05) is 7.05 Å². The van der Waals surface area contributed by atoms with Gasteiger partial charge < -0.3 is 19.1 Å².